The standard InChI is InChI=1S/C18H15FN4O3/c1-26-12-8-6-11(7-9-12)15-10-16(21-20-15)18(25)23-22-17(24)13-4-2-3-5-14(13)19/h2-10H,1H3,(H,20,21)(H,22,24)(H,23,25). The van der Waals surface area contributed by atoms with Crippen LogP contribution in [0.2, 0.25) is 0 Å². The van der Waals surface area contributed by atoms with Gasteiger partial charge >= 0.3 is 0 Å². The zero-order valence-corrected chi connectivity index (χ0v) is 13.7. The van der Waals surface area contributed by atoms with Crippen molar-refractivity contribution in [3.8, 4) is 17.0 Å². The van der Waals surface area contributed by atoms with Crippen molar-refractivity contribution in [1.82, 2.24) is 21.0 Å². The van der Waals surface area contributed by atoms with Crippen LogP contribution in [0.5, 0.6) is 5.75 Å². The van der Waals surface area contributed by atoms with E-state index < -0.39 is 17.6 Å². The number of methoxy groups -OCH3 is 1. The summed E-state index contributed by atoms with van der Waals surface area (Å²) >= 11 is 0. The molecule has 0 aliphatic heterocycles. The number of aromatic amines is 1. The van der Waals surface area contributed by atoms with Crippen molar-refractivity contribution < 1.29 is 18.7 Å². The summed E-state index contributed by atoms with van der Waals surface area (Å²) in [6.07, 6.45) is 0. The Labute approximate surface area is 148 Å². The number of benzene rings is 2. The van der Waals surface area contributed by atoms with Crippen LogP contribution in [0.4, 0.5) is 4.39 Å². The normalized spacial score (nSPS) is 10.2. The summed E-state index contributed by atoms with van der Waals surface area (Å²) in [5.74, 6) is -1.34. The molecule has 3 aromatic rings. The second-order valence-electron chi connectivity index (χ2n) is 5.28. The molecule has 0 fully saturated rings. The Morgan fingerprint density at radius 2 is 1.73 bits per heavy atom. The number of ether oxygens (including phenoxy) is 1. The van der Waals surface area contributed by atoms with Gasteiger partial charge in [0.1, 0.15) is 17.3 Å². The third-order valence-corrected chi connectivity index (χ3v) is 3.62. The van der Waals surface area contributed by atoms with Crippen molar-refractivity contribution in [2.24, 2.45) is 0 Å². The molecule has 8 heteroatoms. The lowest BCUT2D eigenvalue weighted by molar-refractivity contribution is 0.0841. The highest BCUT2D eigenvalue weighted by Crippen LogP contribution is 2.21. The number of amides is 2. The molecule has 0 spiro atoms. The third kappa shape index (κ3) is 3.69. The monoisotopic (exact) mass is 354 g/mol. The van der Waals surface area contributed by atoms with Crippen molar-refractivity contribution in [1.29, 1.82) is 0 Å². The van der Waals surface area contributed by atoms with Crippen LogP contribution in [-0.2, 0) is 0 Å². The first-order valence-corrected chi connectivity index (χ1v) is 7.63. The van der Waals surface area contributed by atoms with E-state index in [9.17, 15) is 14.0 Å². The molecule has 0 unspecified atom stereocenters. The maximum atomic E-state index is 13.5. The van der Waals surface area contributed by atoms with Crippen molar-refractivity contribution in [3.63, 3.8) is 0 Å². The average Bonchev–Trinajstić information content (AvgIpc) is 3.16. The Morgan fingerprint density at radius 1 is 1.04 bits per heavy atom. The second-order valence-corrected chi connectivity index (χ2v) is 5.28. The Balaban J connectivity index is 1.64. The summed E-state index contributed by atoms with van der Waals surface area (Å²) in [6.45, 7) is 0. The first-order valence-electron chi connectivity index (χ1n) is 7.63. The van der Waals surface area contributed by atoms with E-state index in [4.69, 9.17) is 4.74 Å². The SMILES string of the molecule is COc1ccc(-c2cc(C(=O)NNC(=O)c3ccccc3F)[nH]n2)cc1. The number of hydrogen-bond acceptors (Lipinski definition) is 4. The fraction of sp³-hybridized carbons (Fsp3) is 0.0556. The molecular weight excluding hydrogens is 339 g/mol. The van der Waals surface area contributed by atoms with E-state index in [0.29, 0.717) is 11.4 Å². The molecule has 1 aromatic heterocycles. The number of nitrogens with one attached hydrogen (secondary N) is 3. The summed E-state index contributed by atoms with van der Waals surface area (Å²) in [6, 6.07) is 14.2. The number of carbonyl (C=O) groups is 2. The second kappa shape index (κ2) is 7.47. The molecule has 0 atom stereocenters. The lowest BCUT2D eigenvalue weighted by atomic mass is 10.1. The maximum Gasteiger partial charge on any atom is 0.287 e. The summed E-state index contributed by atoms with van der Waals surface area (Å²) in [7, 11) is 1.57. The van der Waals surface area contributed by atoms with Gasteiger partial charge in [0.25, 0.3) is 11.8 Å². The Bertz CT molecular complexity index is 938. The van der Waals surface area contributed by atoms with Gasteiger partial charge in [-0.1, -0.05) is 12.1 Å². The Morgan fingerprint density at radius 3 is 2.42 bits per heavy atom. The number of halogens is 1. The van der Waals surface area contributed by atoms with Gasteiger partial charge in [-0.15, -0.1) is 0 Å². The fourth-order valence-electron chi connectivity index (χ4n) is 2.24. The third-order valence-electron chi connectivity index (χ3n) is 3.62. The van der Waals surface area contributed by atoms with E-state index in [1.165, 1.54) is 24.3 Å². The smallest absolute Gasteiger partial charge is 0.287 e. The van der Waals surface area contributed by atoms with E-state index >= 15 is 0 Å². The fourth-order valence-corrected chi connectivity index (χ4v) is 2.24. The molecule has 26 heavy (non-hydrogen) atoms. The van der Waals surface area contributed by atoms with E-state index in [1.807, 2.05) is 0 Å². The van der Waals surface area contributed by atoms with Gasteiger partial charge in [-0.2, -0.15) is 5.10 Å². The molecular formula is C18H15FN4O3. The number of hydrogen-bond donors (Lipinski definition) is 3. The molecule has 0 aliphatic carbocycles. The molecule has 0 radical (unpaired) electrons. The minimum Gasteiger partial charge on any atom is -0.497 e. The van der Waals surface area contributed by atoms with Crippen molar-refractivity contribution in [2.45, 2.75) is 0 Å². The molecule has 2 aromatic carbocycles. The lowest BCUT2D eigenvalue weighted by Gasteiger charge is -2.06. The number of aromatic nitrogens is 2. The highest BCUT2D eigenvalue weighted by Gasteiger charge is 2.14. The van der Waals surface area contributed by atoms with Gasteiger partial charge in [-0.3, -0.25) is 25.5 Å². The maximum absolute atomic E-state index is 13.5. The van der Waals surface area contributed by atoms with Gasteiger partial charge in [-0.25, -0.2) is 4.39 Å². The lowest BCUT2D eigenvalue weighted by Crippen LogP contribution is -2.42. The summed E-state index contributed by atoms with van der Waals surface area (Å²) in [4.78, 5) is 24.0. The number of nitrogens with zero attached hydrogens (tertiary/aromatic N) is 1. The molecule has 1 heterocycles. The van der Waals surface area contributed by atoms with Gasteiger partial charge < -0.3 is 4.74 Å². The molecule has 0 bridgehead atoms. The highest BCUT2D eigenvalue weighted by atomic mass is 19.1. The van der Waals surface area contributed by atoms with Crippen LogP contribution in [0.25, 0.3) is 11.3 Å². The highest BCUT2D eigenvalue weighted by molar-refractivity contribution is 5.98. The van der Waals surface area contributed by atoms with Gasteiger partial charge in [0.15, 0.2) is 0 Å². The molecule has 3 rings (SSSR count). The van der Waals surface area contributed by atoms with Crippen LogP contribution < -0.4 is 15.6 Å². The topological polar surface area (TPSA) is 96.1 Å². The molecule has 7 nitrogen and oxygen atoms in total. The van der Waals surface area contributed by atoms with Crippen molar-refractivity contribution in [2.75, 3.05) is 7.11 Å². The predicted molar refractivity (Wildman–Crippen MR) is 91.9 cm³/mol. The molecule has 0 saturated heterocycles. The van der Waals surface area contributed by atoms with Crippen LogP contribution in [0.3, 0.4) is 0 Å². The molecule has 0 aliphatic rings. The van der Waals surface area contributed by atoms with Crippen LogP contribution in [-0.4, -0.2) is 29.1 Å². The van der Waals surface area contributed by atoms with E-state index in [0.717, 1.165) is 11.6 Å². The number of carbonyl (C=O) groups excluding carboxylic acids is 2. The van der Waals surface area contributed by atoms with Crippen LogP contribution in [0.1, 0.15) is 20.8 Å². The van der Waals surface area contributed by atoms with E-state index in [2.05, 4.69) is 21.0 Å². The Kier molecular flexibility index (Phi) is 4.93. The van der Waals surface area contributed by atoms with Crippen molar-refractivity contribution >= 4 is 11.8 Å². The van der Waals surface area contributed by atoms with E-state index in [1.54, 1.807) is 31.4 Å². The minimum absolute atomic E-state index is 0.143. The zero-order chi connectivity index (χ0) is 18.5. The zero-order valence-electron chi connectivity index (χ0n) is 13.7. The van der Waals surface area contributed by atoms with Gasteiger partial charge in [0.2, 0.25) is 0 Å². The summed E-state index contributed by atoms with van der Waals surface area (Å²) in [5, 5.41) is 6.65. The molecule has 2 amide bonds. The van der Waals surface area contributed by atoms with Gasteiger partial charge in [0, 0.05) is 5.56 Å². The minimum atomic E-state index is -0.758. The average molecular weight is 354 g/mol. The van der Waals surface area contributed by atoms with Crippen LogP contribution in [0, 0.1) is 5.82 Å². The molecule has 132 valence electrons. The quantitative estimate of drug-likeness (QED) is 0.627. The first-order chi connectivity index (χ1) is 12.6. The van der Waals surface area contributed by atoms with E-state index in [-0.39, 0.29) is 11.3 Å². The molecule has 3 N–H and O–H groups in total. The summed E-state index contributed by atoms with van der Waals surface area (Å²) < 4.78 is 18.6. The van der Waals surface area contributed by atoms with Crippen molar-refractivity contribution in [3.05, 3.63) is 71.7 Å². The largest absolute Gasteiger partial charge is 0.497 e. The van der Waals surface area contributed by atoms with Gasteiger partial charge in [-0.05, 0) is 42.5 Å². The summed E-state index contributed by atoms with van der Waals surface area (Å²) in [5.41, 5.74) is 5.69. The number of H-pyrrole nitrogens is 1. The number of hydrazine groups is 1. The first kappa shape index (κ1) is 17.2. The predicted octanol–water partition coefficient (Wildman–Crippen LogP) is 2.30. The molecule has 0 saturated carbocycles. The Hall–Kier alpha value is -3.68. The number of rotatable bonds is 4. The van der Waals surface area contributed by atoms with Crippen LogP contribution >= 0.6 is 0 Å². The van der Waals surface area contributed by atoms with Gasteiger partial charge in [0.05, 0.1) is 18.4 Å². The van der Waals surface area contributed by atoms with Crippen LogP contribution in [0.15, 0.2) is 54.6 Å².